The number of benzene rings is 1. The molecule has 21 heavy (non-hydrogen) atoms. The number of hydrogen-bond acceptors (Lipinski definition) is 4. The lowest BCUT2D eigenvalue weighted by Crippen LogP contribution is -2.17. The van der Waals surface area contributed by atoms with Crippen LogP contribution in [0.3, 0.4) is 0 Å². The largest absolute Gasteiger partial charge is 0.573 e. The Kier molecular flexibility index (Phi) is 4.06. The van der Waals surface area contributed by atoms with Crippen LogP contribution in [0, 0.1) is 0 Å². The minimum Gasteiger partial charge on any atom is -0.406 e. The fourth-order valence-corrected chi connectivity index (χ4v) is 1.50. The topological polar surface area (TPSA) is 57.0 Å². The number of carbonyl (C=O) groups is 1. The number of carbonyl (C=O) groups excluding carboxylic acids is 1. The van der Waals surface area contributed by atoms with Gasteiger partial charge in [-0.05, 0) is 42.8 Å². The maximum atomic E-state index is 12.0. The van der Waals surface area contributed by atoms with E-state index in [4.69, 9.17) is 0 Å². The Morgan fingerprint density at radius 1 is 1.29 bits per heavy atom. The summed E-state index contributed by atoms with van der Waals surface area (Å²) in [5.41, 5.74) is 0.974. The molecule has 0 N–H and O–H groups in total. The molecule has 0 aliphatic rings. The van der Waals surface area contributed by atoms with Crippen molar-refractivity contribution in [3.05, 3.63) is 42.0 Å². The molecule has 0 bridgehead atoms. The highest BCUT2D eigenvalue weighted by Crippen LogP contribution is 2.23. The molecule has 5 nitrogen and oxygen atoms in total. The van der Waals surface area contributed by atoms with Crippen LogP contribution in [0.1, 0.15) is 12.7 Å². The summed E-state index contributed by atoms with van der Waals surface area (Å²) in [5.74, 6) is 0.0125. The van der Waals surface area contributed by atoms with Gasteiger partial charge in [0.15, 0.2) is 5.82 Å². The summed E-state index contributed by atoms with van der Waals surface area (Å²) >= 11 is 0. The summed E-state index contributed by atoms with van der Waals surface area (Å²) in [7, 11) is 0. The second kappa shape index (κ2) is 5.78. The number of nitrogens with zero attached hydrogens (tertiary/aromatic N) is 3. The minimum absolute atomic E-state index is 0.316. The van der Waals surface area contributed by atoms with Crippen LogP contribution < -0.4 is 4.74 Å². The average molecular weight is 297 g/mol. The third kappa shape index (κ3) is 4.16. The average Bonchev–Trinajstić information content (AvgIpc) is 2.86. The lowest BCUT2D eigenvalue weighted by Gasteiger charge is -2.09. The molecule has 0 atom stereocenters. The van der Waals surface area contributed by atoms with E-state index >= 15 is 0 Å². The Morgan fingerprint density at radius 3 is 2.52 bits per heavy atom. The molecule has 0 fully saturated rings. The molecule has 0 unspecified atom stereocenters. The first kappa shape index (κ1) is 14.8. The van der Waals surface area contributed by atoms with Crippen LogP contribution in [0.25, 0.3) is 11.8 Å². The molecule has 2 aromatic rings. The van der Waals surface area contributed by atoms with Crippen molar-refractivity contribution in [1.29, 1.82) is 0 Å². The molecule has 0 aliphatic carbocycles. The summed E-state index contributed by atoms with van der Waals surface area (Å²) in [4.78, 5) is 14.5. The van der Waals surface area contributed by atoms with Gasteiger partial charge >= 0.3 is 6.36 Å². The SMILES string of the molecule is C/C(C=O)=C\c1ncn(-c2ccc(OC(F)(F)F)cc2)n1. The van der Waals surface area contributed by atoms with Crippen LogP contribution in [0.4, 0.5) is 13.2 Å². The number of halogens is 3. The number of hydrogen-bond donors (Lipinski definition) is 0. The van der Waals surface area contributed by atoms with Gasteiger partial charge in [-0.25, -0.2) is 9.67 Å². The molecule has 0 amide bonds. The van der Waals surface area contributed by atoms with Gasteiger partial charge in [-0.1, -0.05) is 0 Å². The van der Waals surface area contributed by atoms with E-state index in [0.29, 0.717) is 23.4 Å². The van der Waals surface area contributed by atoms with Crippen LogP contribution in [0.5, 0.6) is 5.75 Å². The zero-order valence-corrected chi connectivity index (χ0v) is 10.8. The Morgan fingerprint density at radius 2 is 1.95 bits per heavy atom. The Balaban J connectivity index is 2.18. The van der Waals surface area contributed by atoms with Gasteiger partial charge in [0.05, 0.1) is 5.69 Å². The van der Waals surface area contributed by atoms with Crippen LogP contribution in [0.15, 0.2) is 36.2 Å². The first-order valence-corrected chi connectivity index (χ1v) is 5.79. The van der Waals surface area contributed by atoms with Crippen molar-refractivity contribution in [2.45, 2.75) is 13.3 Å². The standard InChI is InChI=1S/C13H10F3N3O2/c1-9(7-20)6-12-17-8-19(18-12)10-2-4-11(5-3-10)21-13(14,15)16/h2-8H,1H3/b9-6+. The molecular formula is C13H10F3N3O2. The highest BCUT2D eigenvalue weighted by molar-refractivity contribution is 5.79. The molecule has 0 aliphatic heterocycles. The highest BCUT2D eigenvalue weighted by Gasteiger charge is 2.30. The predicted molar refractivity (Wildman–Crippen MR) is 67.8 cm³/mol. The predicted octanol–water partition coefficient (Wildman–Crippen LogP) is 2.77. The summed E-state index contributed by atoms with van der Waals surface area (Å²) in [6, 6.07) is 5.18. The fraction of sp³-hybridized carbons (Fsp3) is 0.154. The molecule has 2 rings (SSSR count). The molecular weight excluding hydrogens is 287 g/mol. The number of allylic oxidation sites excluding steroid dienone is 1. The van der Waals surface area contributed by atoms with Gasteiger partial charge in [-0.15, -0.1) is 18.3 Å². The van der Waals surface area contributed by atoms with Gasteiger partial charge in [0.25, 0.3) is 0 Å². The second-order valence-electron chi connectivity index (χ2n) is 4.10. The normalized spacial score (nSPS) is 12.3. The molecule has 110 valence electrons. The highest BCUT2D eigenvalue weighted by atomic mass is 19.4. The minimum atomic E-state index is -4.72. The first-order chi connectivity index (χ1) is 9.87. The lowest BCUT2D eigenvalue weighted by molar-refractivity contribution is -0.274. The number of ether oxygens (including phenoxy) is 1. The zero-order valence-electron chi connectivity index (χ0n) is 10.8. The molecule has 0 saturated heterocycles. The summed E-state index contributed by atoms with van der Waals surface area (Å²) in [6.45, 7) is 1.61. The first-order valence-electron chi connectivity index (χ1n) is 5.79. The Bertz CT molecular complexity index is 660. The zero-order chi connectivity index (χ0) is 15.5. The smallest absolute Gasteiger partial charge is 0.406 e. The maximum Gasteiger partial charge on any atom is 0.573 e. The van der Waals surface area contributed by atoms with Gasteiger partial charge in [-0.2, -0.15) is 0 Å². The van der Waals surface area contributed by atoms with Crippen LogP contribution in [0.2, 0.25) is 0 Å². The van der Waals surface area contributed by atoms with Crippen molar-refractivity contribution < 1.29 is 22.7 Å². The van der Waals surface area contributed by atoms with E-state index in [-0.39, 0.29) is 5.75 Å². The maximum absolute atomic E-state index is 12.0. The van der Waals surface area contributed by atoms with Crippen molar-refractivity contribution >= 4 is 12.4 Å². The molecule has 0 radical (unpaired) electrons. The van der Waals surface area contributed by atoms with E-state index in [2.05, 4.69) is 14.8 Å². The van der Waals surface area contributed by atoms with Crippen LogP contribution in [-0.2, 0) is 4.79 Å². The Labute approximate surface area is 117 Å². The Hall–Kier alpha value is -2.64. The summed E-state index contributed by atoms with van der Waals surface area (Å²) in [6.07, 6.45) is -1.17. The monoisotopic (exact) mass is 297 g/mol. The lowest BCUT2D eigenvalue weighted by atomic mass is 10.3. The molecule has 1 aromatic carbocycles. The van der Waals surface area contributed by atoms with Gasteiger partial charge in [0, 0.05) is 0 Å². The van der Waals surface area contributed by atoms with Gasteiger partial charge in [-0.3, -0.25) is 4.79 Å². The number of alkyl halides is 3. The molecule has 1 aromatic heterocycles. The van der Waals surface area contributed by atoms with E-state index in [1.54, 1.807) is 6.92 Å². The van der Waals surface area contributed by atoms with Gasteiger partial charge < -0.3 is 4.74 Å². The van der Waals surface area contributed by atoms with E-state index in [1.165, 1.54) is 41.4 Å². The van der Waals surface area contributed by atoms with E-state index in [0.717, 1.165) is 0 Å². The van der Waals surface area contributed by atoms with Gasteiger partial charge in [0.1, 0.15) is 18.4 Å². The second-order valence-corrected chi connectivity index (χ2v) is 4.10. The van der Waals surface area contributed by atoms with E-state index in [9.17, 15) is 18.0 Å². The van der Waals surface area contributed by atoms with Crippen LogP contribution in [-0.4, -0.2) is 27.4 Å². The molecule has 0 saturated carbocycles. The van der Waals surface area contributed by atoms with E-state index in [1.807, 2.05) is 0 Å². The van der Waals surface area contributed by atoms with Crippen molar-refractivity contribution in [2.24, 2.45) is 0 Å². The number of rotatable bonds is 4. The fourth-order valence-electron chi connectivity index (χ4n) is 1.50. The molecule has 1 heterocycles. The van der Waals surface area contributed by atoms with Crippen molar-refractivity contribution in [3.63, 3.8) is 0 Å². The summed E-state index contributed by atoms with van der Waals surface area (Å²) < 4.78 is 41.3. The molecule has 8 heteroatoms. The van der Waals surface area contributed by atoms with E-state index < -0.39 is 6.36 Å². The quantitative estimate of drug-likeness (QED) is 0.643. The van der Waals surface area contributed by atoms with Crippen molar-refractivity contribution in [2.75, 3.05) is 0 Å². The van der Waals surface area contributed by atoms with Crippen LogP contribution >= 0.6 is 0 Å². The molecule has 0 spiro atoms. The van der Waals surface area contributed by atoms with Crippen molar-refractivity contribution in [3.8, 4) is 11.4 Å². The van der Waals surface area contributed by atoms with Gasteiger partial charge in [0.2, 0.25) is 0 Å². The van der Waals surface area contributed by atoms with Crippen molar-refractivity contribution in [1.82, 2.24) is 14.8 Å². The third-order valence-corrected chi connectivity index (χ3v) is 2.39. The number of aromatic nitrogens is 3. The summed E-state index contributed by atoms with van der Waals surface area (Å²) in [5, 5.41) is 4.08. The third-order valence-electron chi connectivity index (χ3n) is 2.39. The number of aldehydes is 1.